The van der Waals surface area contributed by atoms with Gasteiger partial charge in [-0.2, -0.15) is 20.5 Å². The Kier molecular flexibility index (Phi) is 8.18. The first-order valence-electron chi connectivity index (χ1n) is 9.36. The predicted octanol–water partition coefficient (Wildman–Crippen LogP) is 4.04. The van der Waals surface area contributed by atoms with Crippen molar-refractivity contribution in [2.24, 2.45) is 0 Å². The molecular formula is C21H21ClN6O4. The van der Waals surface area contributed by atoms with Gasteiger partial charge in [-0.25, -0.2) is 9.48 Å². The lowest BCUT2D eigenvalue weighted by Crippen LogP contribution is -2.30. The summed E-state index contributed by atoms with van der Waals surface area (Å²) < 4.78 is 12.2. The van der Waals surface area contributed by atoms with E-state index in [1.165, 1.54) is 14.2 Å². The van der Waals surface area contributed by atoms with E-state index in [0.717, 1.165) is 16.3 Å². The minimum absolute atomic E-state index is 0.199. The number of methoxy groups -OCH3 is 1. The summed E-state index contributed by atoms with van der Waals surface area (Å²) in [7, 11) is 2.68. The molecule has 0 bridgehead atoms. The molecule has 0 aliphatic rings. The number of para-hydroxylation sites is 1. The van der Waals surface area contributed by atoms with Crippen molar-refractivity contribution in [1.29, 1.82) is 0 Å². The Balaban J connectivity index is 0.000000509. The lowest BCUT2D eigenvalue weighted by atomic mass is 10.2. The van der Waals surface area contributed by atoms with E-state index < -0.39 is 6.09 Å². The fourth-order valence-corrected chi connectivity index (χ4v) is 2.75. The van der Waals surface area contributed by atoms with Crippen molar-refractivity contribution in [3.05, 3.63) is 83.8 Å². The van der Waals surface area contributed by atoms with Crippen LogP contribution in [0.5, 0.6) is 5.88 Å². The zero-order valence-corrected chi connectivity index (χ0v) is 18.1. The summed E-state index contributed by atoms with van der Waals surface area (Å²) in [6, 6.07) is 16.3. The smallest absolute Gasteiger partial charge is 0.438 e. The van der Waals surface area contributed by atoms with Gasteiger partial charge in [-0.3, -0.25) is 4.84 Å². The summed E-state index contributed by atoms with van der Waals surface area (Å²) in [4.78, 5) is 17.0. The van der Waals surface area contributed by atoms with Gasteiger partial charge in [-0.15, -0.1) is 5.10 Å². The first-order valence-corrected chi connectivity index (χ1v) is 9.74. The molecule has 1 amide bonds. The monoisotopic (exact) mass is 456 g/mol. The maximum Gasteiger partial charge on any atom is 0.438 e. The van der Waals surface area contributed by atoms with E-state index in [-0.39, 0.29) is 6.61 Å². The molecule has 0 aliphatic carbocycles. The molecular weight excluding hydrogens is 436 g/mol. The summed E-state index contributed by atoms with van der Waals surface area (Å²) in [5.74, 6) is 0.446. The van der Waals surface area contributed by atoms with E-state index in [9.17, 15) is 4.79 Å². The number of carbonyl (C=O) groups is 1. The van der Waals surface area contributed by atoms with Gasteiger partial charge >= 0.3 is 6.09 Å². The molecule has 0 aliphatic heterocycles. The molecule has 0 saturated carbocycles. The van der Waals surface area contributed by atoms with Crippen LogP contribution in [-0.2, 0) is 16.2 Å². The molecule has 2 heterocycles. The number of hydrogen-bond acceptors (Lipinski definition) is 7. The van der Waals surface area contributed by atoms with Gasteiger partial charge < -0.3 is 9.47 Å². The molecule has 2 aromatic heterocycles. The number of rotatable bonds is 6. The first-order chi connectivity index (χ1) is 15.6. The lowest BCUT2D eigenvalue weighted by Gasteiger charge is -2.20. The standard InChI is InChI=1S/C19H18ClN3O4.C2H3N3/c1-25-19(24)23(26-2)17-6-4-3-5-14(17)13-27-18-11-12-22(21-18)16-9-7-15(20)8-10-16;1-2-4-5-3-1/h3-12H,13H2,1-2H3;1-2H,(H,3,4,5). The fraction of sp³-hybridized carbons (Fsp3) is 0.143. The molecule has 1 N–H and O–H groups in total. The first kappa shape index (κ1) is 22.8. The van der Waals surface area contributed by atoms with Crippen LogP contribution in [0.15, 0.2) is 73.2 Å². The third-order valence-corrected chi connectivity index (χ3v) is 4.35. The zero-order valence-electron chi connectivity index (χ0n) is 17.4. The molecule has 166 valence electrons. The third-order valence-electron chi connectivity index (χ3n) is 4.10. The molecule has 4 rings (SSSR count). The van der Waals surface area contributed by atoms with Crippen LogP contribution in [0, 0.1) is 0 Å². The highest BCUT2D eigenvalue weighted by atomic mass is 35.5. The molecule has 10 nitrogen and oxygen atoms in total. The molecule has 4 aromatic rings. The Morgan fingerprint density at radius 3 is 2.41 bits per heavy atom. The van der Waals surface area contributed by atoms with Crippen molar-refractivity contribution < 1.29 is 19.1 Å². The number of aromatic amines is 1. The number of amides is 1. The van der Waals surface area contributed by atoms with Crippen LogP contribution in [0.3, 0.4) is 0 Å². The number of nitrogens with one attached hydrogen (secondary N) is 1. The van der Waals surface area contributed by atoms with Crippen molar-refractivity contribution in [2.75, 3.05) is 19.3 Å². The number of halogens is 1. The summed E-state index contributed by atoms with van der Waals surface area (Å²) in [6.07, 6.45) is 4.33. The van der Waals surface area contributed by atoms with Crippen LogP contribution in [0.4, 0.5) is 10.5 Å². The van der Waals surface area contributed by atoms with Gasteiger partial charge in [0.2, 0.25) is 5.88 Å². The molecule has 0 fully saturated rings. The Morgan fingerprint density at radius 1 is 1.06 bits per heavy atom. The van der Waals surface area contributed by atoms with Crippen molar-refractivity contribution >= 4 is 23.4 Å². The highest BCUT2D eigenvalue weighted by molar-refractivity contribution is 6.30. The van der Waals surface area contributed by atoms with Crippen molar-refractivity contribution in [1.82, 2.24) is 25.2 Å². The van der Waals surface area contributed by atoms with E-state index in [2.05, 4.69) is 20.5 Å². The van der Waals surface area contributed by atoms with Gasteiger partial charge in [0.15, 0.2) is 0 Å². The zero-order chi connectivity index (χ0) is 22.8. The number of benzene rings is 2. The van der Waals surface area contributed by atoms with E-state index in [4.69, 9.17) is 25.9 Å². The highest BCUT2D eigenvalue weighted by Crippen LogP contribution is 2.23. The molecule has 0 saturated heterocycles. The van der Waals surface area contributed by atoms with Crippen molar-refractivity contribution in [2.45, 2.75) is 6.61 Å². The van der Waals surface area contributed by atoms with Crippen LogP contribution in [0.1, 0.15) is 5.56 Å². The number of hydrogen-bond donors (Lipinski definition) is 1. The Hall–Kier alpha value is -3.89. The molecule has 32 heavy (non-hydrogen) atoms. The quantitative estimate of drug-likeness (QED) is 0.436. The van der Waals surface area contributed by atoms with E-state index in [0.29, 0.717) is 16.6 Å². The van der Waals surface area contributed by atoms with Crippen molar-refractivity contribution in [3.8, 4) is 11.6 Å². The number of ether oxygens (including phenoxy) is 2. The number of aromatic nitrogens is 5. The van der Waals surface area contributed by atoms with Crippen LogP contribution in [0.25, 0.3) is 5.69 Å². The summed E-state index contributed by atoms with van der Waals surface area (Å²) in [5, 5.41) is 15.4. The lowest BCUT2D eigenvalue weighted by molar-refractivity contribution is 0.115. The number of hydroxylamine groups is 1. The molecule has 0 radical (unpaired) electrons. The topological polar surface area (TPSA) is 107 Å². The van der Waals surface area contributed by atoms with Gasteiger partial charge in [0.05, 0.1) is 38.0 Å². The van der Waals surface area contributed by atoms with Crippen LogP contribution in [-0.4, -0.2) is 45.5 Å². The average molecular weight is 457 g/mol. The summed E-state index contributed by atoms with van der Waals surface area (Å²) >= 11 is 5.91. The van der Waals surface area contributed by atoms with Gasteiger partial charge in [0, 0.05) is 22.8 Å². The highest BCUT2D eigenvalue weighted by Gasteiger charge is 2.19. The predicted molar refractivity (Wildman–Crippen MR) is 118 cm³/mol. The number of H-pyrrole nitrogens is 1. The minimum atomic E-state index is -0.628. The Bertz CT molecular complexity index is 1080. The second kappa shape index (κ2) is 11.5. The van der Waals surface area contributed by atoms with E-state index in [1.54, 1.807) is 53.6 Å². The summed E-state index contributed by atoms with van der Waals surface area (Å²) in [6.45, 7) is 0.199. The Morgan fingerprint density at radius 2 is 1.78 bits per heavy atom. The summed E-state index contributed by atoms with van der Waals surface area (Å²) in [5.41, 5.74) is 2.14. The SMILES string of the molecule is COC(=O)N(OC)c1ccccc1COc1ccn(-c2ccc(Cl)cc2)n1.c1cn[nH]n1. The molecule has 0 unspecified atom stereocenters. The molecule has 0 atom stereocenters. The van der Waals surface area contributed by atoms with Gasteiger partial charge in [-0.1, -0.05) is 29.8 Å². The number of anilines is 1. The van der Waals surface area contributed by atoms with Crippen LogP contribution in [0.2, 0.25) is 5.02 Å². The second-order valence-corrected chi connectivity index (χ2v) is 6.53. The van der Waals surface area contributed by atoms with E-state index in [1.807, 2.05) is 24.3 Å². The molecule has 11 heteroatoms. The van der Waals surface area contributed by atoms with Gasteiger partial charge in [-0.05, 0) is 30.3 Å². The van der Waals surface area contributed by atoms with Crippen LogP contribution < -0.4 is 9.80 Å². The van der Waals surface area contributed by atoms with Gasteiger partial charge in [0.25, 0.3) is 0 Å². The minimum Gasteiger partial charge on any atom is -0.472 e. The fourth-order valence-electron chi connectivity index (χ4n) is 2.63. The second-order valence-electron chi connectivity index (χ2n) is 6.10. The normalized spacial score (nSPS) is 10.1. The molecule has 2 aromatic carbocycles. The Labute approximate surface area is 189 Å². The third kappa shape index (κ3) is 6.06. The molecule has 0 spiro atoms. The van der Waals surface area contributed by atoms with E-state index >= 15 is 0 Å². The maximum absolute atomic E-state index is 11.9. The van der Waals surface area contributed by atoms with Gasteiger partial charge in [0.1, 0.15) is 6.61 Å². The van der Waals surface area contributed by atoms with Crippen LogP contribution >= 0.6 is 11.6 Å². The number of carbonyl (C=O) groups excluding carboxylic acids is 1. The average Bonchev–Trinajstić information content (AvgIpc) is 3.55. The largest absolute Gasteiger partial charge is 0.472 e. The number of nitrogens with zero attached hydrogens (tertiary/aromatic N) is 5. The maximum atomic E-state index is 11.9. The van der Waals surface area contributed by atoms with Crippen molar-refractivity contribution in [3.63, 3.8) is 0 Å².